The summed E-state index contributed by atoms with van der Waals surface area (Å²) in [5.74, 6) is 1.64. The van der Waals surface area contributed by atoms with E-state index < -0.39 is 11.5 Å². The third kappa shape index (κ3) is 4.11. The third-order valence-electron chi connectivity index (χ3n) is 2.11. The molecule has 0 aromatic carbocycles. The van der Waals surface area contributed by atoms with Crippen LogP contribution in [0.3, 0.4) is 0 Å². The summed E-state index contributed by atoms with van der Waals surface area (Å²) in [4.78, 5) is 11.0. The van der Waals surface area contributed by atoms with Gasteiger partial charge in [0.15, 0.2) is 0 Å². The van der Waals surface area contributed by atoms with E-state index in [9.17, 15) is 4.79 Å². The van der Waals surface area contributed by atoms with Crippen molar-refractivity contribution in [2.75, 3.05) is 6.54 Å². The van der Waals surface area contributed by atoms with E-state index in [0.717, 1.165) is 0 Å². The topological polar surface area (TPSA) is 49.3 Å². The van der Waals surface area contributed by atoms with Gasteiger partial charge in [0.25, 0.3) is 0 Å². The molecular weight excluding hydrogens is 178 g/mol. The average Bonchev–Trinajstić information content (AvgIpc) is 2.15. The molecule has 1 unspecified atom stereocenters. The Morgan fingerprint density at radius 2 is 2.43 bits per heavy atom. The maximum atomic E-state index is 11.0. The summed E-state index contributed by atoms with van der Waals surface area (Å²) in [6.07, 6.45) is 8.59. The monoisotopic (exact) mass is 195 g/mol. The van der Waals surface area contributed by atoms with Crippen molar-refractivity contribution in [1.82, 2.24) is 5.32 Å². The fourth-order valence-electron chi connectivity index (χ4n) is 1.11. The van der Waals surface area contributed by atoms with Crippen LogP contribution in [-0.2, 0) is 4.79 Å². The van der Waals surface area contributed by atoms with Crippen LogP contribution in [0.4, 0.5) is 0 Å². The minimum absolute atomic E-state index is 0.485. The normalized spacial score (nSPS) is 14.0. The zero-order valence-corrected chi connectivity index (χ0v) is 8.55. The van der Waals surface area contributed by atoms with Crippen molar-refractivity contribution in [2.45, 2.75) is 31.7 Å². The Morgan fingerprint density at radius 1 is 1.79 bits per heavy atom. The van der Waals surface area contributed by atoms with Gasteiger partial charge >= 0.3 is 5.97 Å². The average molecular weight is 195 g/mol. The van der Waals surface area contributed by atoms with Gasteiger partial charge in [0, 0.05) is 13.0 Å². The molecule has 2 N–H and O–H groups in total. The summed E-state index contributed by atoms with van der Waals surface area (Å²) in [5, 5.41) is 11.9. The van der Waals surface area contributed by atoms with Gasteiger partial charge in [0.2, 0.25) is 0 Å². The molecule has 0 heterocycles. The van der Waals surface area contributed by atoms with Crippen LogP contribution in [0.15, 0.2) is 12.7 Å². The third-order valence-corrected chi connectivity index (χ3v) is 2.11. The van der Waals surface area contributed by atoms with Crippen LogP contribution < -0.4 is 5.32 Å². The summed E-state index contributed by atoms with van der Waals surface area (Å²) < 4.78 is 0. The SMILES string of the molecule is C#CCCCC(C)(NCC=C)C(=O)O. The predicted octanol–water partition coefficient (Wildman–Crippen LogP) is 1.41. The number of hydrogen-bond acceptors (Lipinski definition) is 2. The van der Waals surface area contributed by atoms with E-state index >= 15 is 0 Å². The second-order valence-corrected chi connectivity index (χ2v) is 3.36. The molecule has 78 valence electrons. The molecule has 3 heteroatoms. The quantitative estimate of drug-likeness (QED) is 0.367. The highest BCUT2D eigenvalue weighted by Crippen LogP contribution is 2.13. The van der Waals surface area contributed by atoms with Crippen LogP contribution in [0.25, 0.3) is 0 Å². The van der Waals surface area contributed by atoms with Crippen LogP contribution in [0.5, 0.6) is 0 Å². The van der Waals surface area contributed by atoms with E-state index in [4.69, 9.17) is 11.5 Å². The van der Waals surface area contributed by atoms with E-state index in [-0.39, 0.29) is 0 Å². The van der Waals surface area contributed by atoms with Crippen molar-refractivity contribution >= 4 is 5.97 Å². The Bertz CT molecular complexity index is 242. The molecule has 3 nitrogen and oxygen atoms in total. The lowest BCUT2D eigenvalue weighted by molar-refractivity contribution is -0.144. The van der Waals surface area contributed by atoms with Crippen LogP contribution in [-0.4, -0.2) is 23.2 Å². The Hall–Kier alpha value is -1.27. The van der Waals surface area contributed by atoms with Gasteiger partial charge < -0.3 is 5.11 Å². The highest BCUT2D eigenvalue weighted by atomic mass is 16.4. The van der Waals surface area contributed by atoms with Gasteiger partial charge in [-0.25, -0.2) is 0 Å². The van der Waals surface area contributed by atoms with Crippen LogP contribution >= 0.6 is 0 Å². The molecule has 0 aliphatic rings. The number of aliphatic carboxylic acids is 1. The molecule has 0 aliphatic heterocycles. The van der Waals surface area contributed by atoms with Crippen molar-refractivity contribution in [3.8, 4) is 12.3 Å². The van der Waals surface area contributed by atoms with Gasteiger partial charge in [-0.1, -0.05) is 6.08 Å². The highest BCUT2D eigenvalue weighted by molar-refractivity contribution is 5.78. The summed E-state index contributed by atoms with van der Waals surface area (Å²) in [5.41, 5.74) is -0.898. The Labute approximate surface area is 85.2 Å². The molecular formula is C11H17NO2. The highest BCUT2D eigenvalue weighted by Gasteiger charge is 2.30. The Morgan fingerprint density at radius 3 is 2.86 bits per heavy atom. The number of carbonyl (C=O) groups is 1. The number of terminal acetylenes is 1. The predicted molar refractivity (Wildman–Crippen MR) is 56.9 cm³/mol. The zero-order valence-electron chi connectivity index (χ0n) is 8.55. The fourth-order valence-corrected chi connectivity index (χ4v) is 1.11. The molecule has 0 bridgehead atoms. The molecule has 0 aromatic heterocycles. The molecule has 0 saturated heterocycles. The van der Waals surface area contributed by atoms with E-state index in [2.05, 4.69) is 17.8 Å². The minimum Gasteiger partial charge on any atom is -0.480 e. The van der Waals surface area contributed by atoms with E-state index in [1.807, 2.05) is 0 Å². The van der Waals surface area contributed by atoms with E-state index in [0.29, 0.717) is 25.8 Å². The smallest absolute Gasteiger partial charge is 0.323 e. The largest absolute Gasteiger partial charge is 0.480 e. The fraction of sp³-hybridized carbons (Fsp3) is 0.545. The second kappa shape index (κ2) is 6.22. The van der Waals surface area contributed by atoms with Crippen molar-refractivity contribution in [3.63, 3.8) is 0 Å². The number of carboxylic acid groups (broad SMARTS) is 1. The number of nitrogens with one attached hydrogen (secondary N) is 1. The van der Waals surface area contributed by atoms with Crippen LogP contribution in [0.1, 0.15) is 26.2 Å². The summed E-state index contributed by atoms with van der Waals surface area (Å²) >= 11 is 0. The molecule has 0 saturated carbocycles. The van der Waals surface area contributed by atoms with Gasteiger partial charge in [0.1, 0.15) is 5.54 Å². The van der Waals surface area contributed by atoms with Crippen molar-refractivity contribution < 1.29 is 9.90 Å². The first-order chi connectivity index (χ1) is 6.56. The van der Waals surface area contributed by atoms with Crippen molar-refractivity contribution in [2.24, 2.45) is 0 Å². The zero-order chi connectivity index (χ0) is 11.0. The molecule has 0 aliphatic carbocycles. The second-order valence-electron chi connectivity index (χ2n) is 3.36. The lowest BCUT2D eigenvalue weighted by atomic mass is 9.95. The summed E-state index contributed by atoms with van der Waals surface area (Å²) in [6, 6.07) is 0. The minimum atomic E-state index is -0.898. The lowest BCUT2D eigenvalue weighted by Crippen LogP contribution is -2.49. The van der Waals surface area contributed by atoms with E-state index in [1.165, 1.54) is 0 Å². The van der Waals surface area contributed by atoms with Crippen molar-refractivity contribution in [1.29, 1.82) is 0 Å². The van der Waals surface area contributed by atoms with Crippen LogP contribution in [0.2, 0.25) is 0 Å². The first-order valence-electron chi connectivity index (χ1n) is 4.59. The molecule has 14 heavy (non-hydrogen) atoms. The van der Waals surface area contributed by atoms with Gasteiger partial charge in [-0.2, -0.15) is 0 Å². The maximum Gasteiger partial charge on any atom is 0.323 e. The standard InChI is InChI=1S/C11H17NO2/c1-4-6-7-8-11(3,10(13)14)12-9-5-2/h1,5,12H,2,6-9H2,3H3,(H,13,14). The molecule has 0 aromatic rings. The van der Waals surface area contributed by atoms with Gasteiger partial charge in [-0.05, 0) is 19.8 Å². The summed E-state index contributed by atoms with van der Waals surface area (Å²) in [7, 11) is 0. The molecule has 0 rings (SSSR count). The first kappa shape index (κ1) is 12.7. The molecule has 0 amide bonds. The molecule has 0 radical (unpaired) electrons. The van der Waals surface area contributed by atoms with Gasteiger partial charge in [-0.15, -0.1) is 18.9 Å². The lowest BCUT2D eigenvalue weighted by Gasteiger charge is -2.25. The van der Waals surface area contributed by atoms with Crippen LogP contribution in [0, 0.1) is 12.3 Å². The van der Waals surface area contributed by atoms with Crippen molar-refractivity contribution in [3.05, 3.63) is 12.7 Å². The molecule has 0 fully saturated rings. The molecule has 0 spiro atoms. The van der Waals surface area contributed by atoms with E-state index in [1.54, 1.807) is 13.0 Å². The number of carboxylic acids is 1. The van der Waals surface area contributed by atoms with Gasteiger partial charge in [0.05, 0.1) is 0 Å². The number of hydrogen-bond donors (Lipinski definition) is 2. The molecule has 1 atom stereocenters. The van der Waals surface area contributed by atoms with Gasteiger partial charge in [-0.3, -0.25) is 10.1 Å². The summed E-state index contributed by atoms with van der Waals surface area (Å²) in [6.45, 7) is 5.68. The Balaban J connectivity index is 4.17. The number of rotatable bonds is 7. The Kier molecular flexibility index (Phi) is 5.66. The number of unbranched alkanes of at least 4 members (excludes halogenated alkanes) is 1. The first-order valence-corrected chi connectivity index (χ1v) is 4.59. The maximum absolute atomic E-state index is 11.0.